The van der Waals surface area contributed by atoms with E-state index in [9.17, 15) is 0 Å². The van der Waals surface area contributed by atoms with Crippen molar-refractivity contribution < 1.29 is 9.47 Å². The number of methoxy groups -OCH3 is 1. The van der Waals surface area contributed by atoms with Crippen molar-refractivity contribution in [1.29, 1.82) is 0 Å². The van der Waals surface area contributed by atoms with E-state index in [1.807, 2.05) is 50.2 Å². The molecule has 0 amide bonds. The van der Waals surface area contributed by atoms with Gasteiger partial charge in [0.15, 0.2) is 0 Å². The van der Waals surface area contributed by atoms with E-state index in [0.29, 0.717) is 6.61 Å². The second-order valence-electron chi connectivity index (χ2n) is 5.31. The van der Waals surface area contributed by atoms with Gasteiger partial charge in [-0.3, -0.25) is 4.98 Å². The molecule has 0 bridgehead atoms. The van der Waals surface area contributed by atoms with Gasteiger partial charge in [0.05, 0.1) is 12.6 Å². The molecule has 112 valence electrons. The Morgan fingerprint density at radius 3 is 2.50 bits per heavy atom. The third-order valence-corrected chi connectivity index (χ3v) is 3.85. The first-order valence-corrected chi connectivity index (χ1v) is 7.30. The maximum Gasteiger partial charge on any atom is 0.134 e. The Balaban J connectivity index is 2.04. The minimum Gasteiger partial charge on any atom is -0.497 e. The Hall–Kier alpha value is -2.55. The predicted octanol–water partition coefficient (Wildman–Crippen LogP) is 4.44. The lowest BCUT2D eigenvalue weighted by atomic mass is 10.1. The summed E-state index contributed by atoms with van der Waals surface area (Å²) in [6.45, 7) is 4.59. The first-order valence-electron chi connectivity index (χ1n) is 7.30. The van der Waals surface area contributed by atoms with E-state index in [-0.39, 0.29) is 0 Å². The normalized spacial score (nSPS) is 10.7. The Kier molecular flexibility index (Phi) is 3.96. The van der Waals surface area contributed by atoms with E-state index >= 15 is 0 Å². The topological polar surface area (TPSA) is 31.4 Å². The number of nitrogens with zero attached hydrogens (tertiary/aromatic N) is 1. The van der Waals surface area contributed by atoms with Crippen molar-refractivity contribution in [2.75, 3.05) is 7.11 Å². The van der Waals surface area contributed by atoms with E-state index in [1.54, 1.807) is 7.11 Å². The molecule has 0 aliphatic rings. The van der Waals surface area contributed by atoms with Crippen LogP contribution in [0, 0.1) is 13.8 Å². The predicted molar refractivity (Wildman–Crippen MR) is 88.5 cm³/mol. The van der Waals surface area contributed by atoms with E-state index in [0.717, 1.165) is 39.2 Å². The highest BCUT2D eigenvalue weighted by Crippen LogP contribution is 2.33. The molecule has 0 saturated heterocycles. The number of fused-ring (bicyclic) bond motifs is 1. The fourth-order valence-electron chi connectivity index (χ4n) is 2.47. The molecule has 0 radical (unpaired) electrons. The maximum atomic E-state index is 6.12. The molecule has 0 spiro atoms. The molecular formula is C19H19NO2. The van der Waals surface area contributed by atoms with E-state index in [1.165, 1.54) is 0 Å². The SMILES string of the molecule is COc1ccc2nc(C)c(C)c(OCc3ccccc3)c2c1. The van der Waals surface area contributed by atoms with Crippen molar-refractivity contribution in [3.8, 4) is 11.5 Å². The Morgan fingerprint density at radius 2 is 1.77 bits per heavy atom. The lowest BCUT2D eigenvalue weighted by molar-refractivity contribution is 0.307. The van der Waals surface area contributed by atoms with Crippen molar-refractivity contribution in [2.24, 2.45) is 0 Å². The van der Waals surface area contributed by atoms with Gasteiger partial charge in [-0.25, -0.2) is 0 Å². The maximum absolute atomic E-state index is 6.12. The highest BCUT2D eigenvalue weighted by molar-refractivity contribution is 5.88. The van der Waals surface area contributed by atoms with Gasteiger partial charge in [-0.2, -0.15) is 0 Å². The summed E-state index contributed by atoms with van der Waals surface area (Å²) in [4.78, 5) is 4.63. The van der Waals surface area contributed by atoms with Crippen LogP contribution in [0.1, 0.15) is 16.8 Å². The van der Waals surface area contributed by atoms with Crippen LogP contribution in [0.15, 0.2) is 48.5 Å². The van der Waals surface area contributed by atoms with Crippen LogP contribution in [0.4, 0.5) is 0 Å². The monoisotopic (exact) mass is 293 g/mol. The molecule has 1 heterocycles. The van der Waals surface area contributed by atoms with Gasteiger partial charge in [0.1, 0.15) is 18.1 Å². The summed E-state index contributed by atoms with van der Waals surface area (Å²) in [7, 11) is 1.67. The van der Waals surface area contributed by atoms with Crippen molar-refractivity contribution in [1.82, 2.24) is 4.98 Å². The molecule has 3 aromatic rings. The molecular weight excluding hydrogens is 274 g/mol. The molecule has 0 fully saturated rings. The van der Waals surface area contributed by atoms with Crippen LogP contribution in [0.25, 0.3) is 10.9 Å². The second kappa shape index (κ2) is 6.06. The number of pyridine rings is 1. The van der Waals surface area contributed by atoms with E-state index in [4.69, 9.17) is 9.47 Å². The molecule has 0 aliphatic carbocycles. The van der Waals surface area contributed by atoms with Gasteiger partial charge in [0, 0.05) is 16.6 Å². The fraction of sp³-hybridized carbons (Fsp3) is 0.211. The summed E-state index contributed by atoms with van der Waals surface area (Å²) in [5.41, 5.74) is 4.12. The molecule has 22 heavy (non-hydrogen) atoms. The molecule has 3 heteroatoms. The molecule has 3 rings (SSSR count). The fourth-order valence-corrected chi connectivity index (χ4v) is 2.47. The van der Waals surface area contributed by atoms with Gasteiger partial charge < -0.3 is 9.47 Å². The molecule has 3 nitrogen and oxygen atoms in total. The quantitative estimate of drug-likeness (QED) is 0.712. The molecule has 0 atom stereocenters. The zero-order chi connectivity index (χ0) is 15.5. The van der Waals surface area contributed by atoms with Crippen LogP contribution in [0.3, 0.4) is 0 Å². The van der Waals surface area contributed by atoms with Crippen LogP contribution in [-0.4, -0.2) is 12.1 Å². The summed E-state index contributed by atoms with van der Waals surface area (Å²) in [5.74, 6) is 1.69. The minimum atomic E-state index is 0.539. The number of aromatic nitrogens is 1. The average Bonchev–Trinajstić information content (AvgIpc) is 2.56. The number of benzene rings is 2. The number of rotatable bonds is 4. The zero-order valence-electron chi connectivity index (χ0n) is 13.1. The van der Waals surface area contributed by atoms with Crippen molar-refractivity contribution in [3.05, 3.63) is 65.4 Å². The lowest BCUT2D eigenvalue weighted by Gasteiger charge is -2.14. The van der Waals surface area contributed by atoms with Gasteiger partial charge in [-0.15, -0.1) is 0 Å². The third kappa shape index (κ3) is 2.75. The number of aryl methyl sites for hydroxylation is 1. The smallest absolute Gasteiger partial charge is 0.134 e. The van der Waals surface area contributed by atoms with Gasteiger partial charge in [-0.1, -0.05) is 30.3 Å². The van der Waals surface area contributed by atoms with Crippen molar-refractivity contribution >= 4 is 10.9 Å². The van der Waals surface area contributed by atoms with Gasteiger partial charge in [0.25, 0.3) is 0 Å². The molecule has 0 aliphatic heterocycles. The summed E-state index contributed by atoms with van der Waals surface area (Å²) in [5, 5.41) is 0.985. The summed E-state index contributed by atoms with van der Waals surface area (Å²) < 4.78 is 11.4. The van der Waals surface area contributed by atoms with Crippen LogP contribution < -0.4 is 9.47 Å². The third-order valence-electron chi connectivity index (χ3n) is 3.85. The zero-order valence-corrected chi connectivity index (χ0v) is 13.1. The Labute approximate surface area is 130 Å². The molecule has 1 aromatic heterocycles. The minimum absolute atomic E-state index is 0.539. The van der Waals surface area contributed by atoms with Crippen LogP contribution in [-0.2, 0) is 6.61 Å². The lowest BCUT2D eigenvalue weighted by Crippen LogP contribution is -2.01. The van der Waals surface area contributed by atoms with E-state index < -0.39 is 0 Å². The number of hydrogen-bond donors (Lipinski definition) is 0. The van der Waals surface area contributed by atoms with Crippen molar-refractivity contribution in [3.63, 3.8) is 0 Å². The molecule has 0 unspecified atom stereocenters. The second-order valence-corrected chi connectivity index (χ2v) is 5.31. The van der Waals surface area contributed by atoms with Crippen LogP contribution in [0.2, 0.25) is 0 Å². The number of hydrogen-bond acceptors (Lipinski definition) is 3. The average molecular weight is 293 g/mol. The van der Waals surface area contributed by atoms with Crippen molar-refractivity contribution in [2.45, 2.75) is 20.5 Å². The highest BCUT2D eigenvalue weighted by atomic mass is 16.5. The summed E-state index contributed by atoms with van der Waals surface area (Å²) in [6, 6.07) is 16.0. The van der Waals surface area contributed by atoms with Gasteiger partial charge in [0.2, 0.25) is 0 Å². The highest BCUT2D eigenvalue weighted by Gasteiger charge is 2.12. The first kappa shape index (κ1) is 14.4. The van der Waals surface area contributed by atoms with Gasteiger partial charge >= 0.3 is 0 Å². The summed E-state index contributed by atoms with van der Waals surface area (Å²) >= 11 is 0. The molecule has 0 N–H and O–H groups in total. The van der Waals surface area contributed by atoms with Crippen LogP contribution in [0.5, 0.6) is 11.5 Å². The first-order chi connectivity index (χ1) is 10.7. The van der Waals surface area contributed by atoms with E-state index in [2.05, 4.69) is 17.1 Å². The Bertz CT molecular complexity index is 797. The van der Waals surface area contributed by atoms with Crippen LogP contribution >= 0.6 is 0 Å². The Morgan fingerprint density at radius 1 is 1.00 bits per heavy atom. The van der Waals surface area contributed by atoms with Gasteiger partial charge in [-0.05, 0) is 37.6 Å². The molecule has 0 saturated carbocycles. The number of ether oxygens (including phenoxy) is 2. The summed E-state index contributed by atoms with van der Waals surface area (Å²) in [6.07, 6.45) is 0. The largest absolute Gasteiger partial charge is 0.497 e. The standard InChI is InChI=1S/C19H19NO2/c1-13-14(2)20-18-10-9-16(21-3)11-17(18)19(13)22-12-15-7-5-4-6-8-15/h4-11H,12H2,1-3H3. The molecule has 2 aromatic carbocycles.